The minimum atomic E-state index is -4.67. The lowest BCUT2D eigenvalue weighted by atomic mass is 10.1. The van der Waals surface area contributed by atoms with E-state index < -0.39 is 35.4 Å². The van der Waals surface area contributed by atoms with Gasteiger partial charge in [0.15, 0.2) is 5.69 Å². The molecule has 0 aliphatic carbocycles. The van der Waals surface area contributed by atoms with Gasteiger partial charge in [-0.3, -0.25) is 14.7 Å². The van der Waals surface area contributed by atoms with Crippen LogP contribution in [0.5, 0.6) is 0 Å². The lowest BCUT2D eigenvalue weighted by Crippen LogP contribution is -2.38. The molecule has 0 unspecified atom stereocenters. The fraction of sp³-hybridized carbons (Fsp3) is 0.615. The zero-order valence-corrected chi connectivity index (χ0v) is 12.2. The molecule has 1 saturated heterocycles. The van der Waals surface area contributed by atoms with Gasteiger partial charge >= 0.3 is 12.1 Å². The van der Waals surface area contributed by atoms with Crippen LogP contribution in [0.15, 0.2) is 0 Å². The molecule has 122 valence electrons. The van der Waals surface area contributed by atoms with Crippen LogP contribution >= 0.6 is 0 Å². The van der Waals surface area contributed by atoms with E-state index in [0.29, 0.717) is 19.4 Å². The van der Waals surface area contributed by atoms with Crippen molar-refractivity contribution in [3.63, 3.8) is 0 Å². The highest BCUT2D eigenvalue weighted by atomic mass is 19.4. The zero-order valence-electron chi connectivity index (χ0n) is 12.2. The summed E-state index contributed by atoms with van der Waals surface area (Å²) in [5.74, 6) is -1.32. The molecule has 1 aliphatic heterocycles. The molecule has 0 spiro atoms. The average molecular weight is 319 g/mol. The highest BCUT2D eigenvalue weighted by Gasteiger charge is 2.42. The van der Waals surface area contributed by atoms with Gasteiger partial charge in [0.1, 0.15) is 5.56 Å². The number of carbonyl (C=O) groups is 2. The van der Waals surface area contributed by atoms with E-state index in [1.54, 1.807) is 0 Å². The van der Waals surface area contributed by atoms with Crippen molar-refractivity contribution in [2.75, 3.05) is 13.7 Å². The largest absolute Gasteiger partial charge is 0.469 e. The number of H-pyrrole nitrogens is 1. The van der Waals surface area contributed by atoms with E-state index in [-0.39, 0.29) is 12.1 Å². The van der Waals surface area contributed by atoms with Crippen LogP contribution in [0.1, 0.15) is 41.0 Å². The molecule has 0 radical (unpaired) electrons. The Morgan fingerprint density at radius 2 is 2.14 bits per heavy atom. The smallest absolute Gasteiger partial charge is 0.420 e. The highest BCUT2D eigenvalue weighted by Crippen LogP contribution is 2.35. The van der Waals surface area contributed by atoms with E-state index in [1.165, 1.54) is 18.9 Å². The molecule has 1 amide bonds. The van der Waals surface area contributed by atoms with Crippen molar-refractivity contribution in [2.24, 2.45) is 0 Å². The van der Waals surface area contributed by atoms with Crippen LogP contribution in [-0.4, -0.2) is 46.7 Å². The van der Waals surface area contributed by atoms with Crippen LogP contribution in [0.2, 0.25) is 0 Å². The van der Waals surface area contributed by atoms with Crippen LogP contribution in [0, 0.1) is 6.92 Å². The van der Waals surface area contributed by atoms with Gasteiger partial charge in [-0.1, -0.05) is 0 Å². The lowest BCUT2D eigenvalue weighted by Gasteiger charge is -2.23. The summed E-state index contributed by atoms with van der Waals surface area (Å²) in [4.78, 5) is 25.0. The molecule has 0 bridgehead atoms. The third kappa shape index (κ3) is 3.07. The first kappa shape index (κ1) is 16.3. The number of aryl methyl sites for hydroxylation is 1. The second-order valence-corrected chi connectivity index (χ2v) is 5.14. The Morgan fingerprint density at radius 1 is 1.45 bits per heavy atom. The first-order chi connectivity index (χ1) is 10.3. The molecule has 0 aromatic carbocycles. The summed E-state index contributed by atoms with van der Waals surface area (Å²) in [6.07, 6.45) is -3.53. The van der Waals surface area contributed by atoms with Gasteiger partial charge in [-0.2, -0.15) is 18.3 Å². The van der Waals surface area contributed by atoms with E-state index in [2.05, 4.69) is 14.9 Å². The monoisotopic (exact) mass is 319 g/mol. The van der Waals surface area contributed by atoms with Gasteiger partial charge in [-0.25, -0.2) is 0 Å². The molecule has 0 saturated carbocycles. The molecule has 2 rings (SSSR count). The maximum atomic E-state index is 13.0. The summed E-state index contributed by atoms with van der Waals surface area (Å²) >= 11 is 0. The summed E-state index contributed by atoms with van der Waals surface area (Å²) in [5.41, 5.74) is -1.91. The fourth-order valence-electron chi connectivity index (χ4n) is 2.66. The number of amides is 1. The van der Waals surface area contributed by atoms with Crippen molar-refractivity contribution >= 4 is 11.9 Å². The van der Waals surface area contributed by atoms with Crippen LogP contribution in [-0.2, 0) is 15.7 Å². The zero-order chi connectivity index (χ0) is 16.5. The Hall–Kier alpha value is -2.06. The normalized spacial score (nSPS) is 18.6. The number of carbonyl (C=O) groups excluding carboxylic acids is 2. The number of likely N-dealkylation sites (tertiary alicyclic amines) is 1. The average Bonchev–Trinajstić information content (AvgIpc) is 3.03. The predicted octanol–water partition coefficient (Wildman–Crippen LogP) is 1.90. The number of halogens is 3. The summed E-state index contributed by atoms with van der Waals surface area (Å²) in [7, 11) is 1.22. The second-order valence-electron chi connectivity index (χ2n) is 5.14. The van der Waals surface area contributed by atoms with Crippen LogP contribution in [0.3, 0.4) is 0 Å². The van der Waals surface area contributed by atoms with Crippen molar-refractivity contribution in [1.82, 2.24) is 15.1 Å². The van der Waals surface area contributed by atoms with Gasteiger partial charge in [0.2, 0.25) is 0 Å². The SMILES string of the molecule is COC(=O)C[C@H]1CCCN1C(=O)c1n[nH]c(C)c1C(F)(F)F. The van der Waals surface area contributed by atoms with Crippen LogP contribution < -0.4 is 0 Å². The fourth-order valence-corrected chi connectivity index (χ4v) is 2.66. The molecule has 1 aromatic rings. The van der Waals surface area contributed by atoms with Crippen molar-refractivity contribution < 1.29 is 27.5 Å². The third-order valence-corrected chi connectivity index (χ3v) is 3.70. The number of esters is 1. The van der Waals surface area contributed by atoms with Crippen LogP contribution in [0.4, 0.5) is 13.2 Å². The predicted molar refractivity (Wildman–Crippen MR) is 69.0 cm³/mol. The van der Waals surface area contributed by atoms with Gasteiger partial charge in [0.25, 0.3) is 5.91 Å². The lowest BCUT2D eigenvalue weighted by molar-refractivity contribution is -0.142. The quantitative estimate of drug-likeness (QED) is 0.864. The maximum absolute atomic E-state index is 13.0. The Morgan fingerprint density at radius 3 is 2.73 bits per heavy atom. The van der Waals surface area contributed by atoms with Gasteiger partial charge in [0.05, 0.1) is 13.5 Å². The number of nitrogens with one attached hydrogen (secondary N) is 1. The van der Waals surface area contributed by atoms with E-state index in [0.717, 1.165) is 0 Å². The Labute approximate surface area is 124 Å². The molecule has 22 heavy (non-hydrogen) atoms. The number of methoxy groups -OCH3 is 1. The van der Waals surface area contributed by atoms with E-state index in [4.69, 9.17) is 0 Å². The number of alkyl halides is 3. The van der Waals surface area contributed by atoms with Gasteiger partial charge < -0.3 is 9.64 Å². The molecule has 1 aliphatic rings. The molecular formula is C13H16F3N3O3. The number of rotatable bonds is 3. The Bertz CT molecular complexity index is 583. The maximum Gasteiger partial charge on any atom is 0.420 e. The minimum absolute atomic E-state index is 0.0347. The molecular weight excluding hydrogens is 303 g/mol. The second kappa shape index (κ2) is 5.98. The molecule has 1 fully saturated rings. The summed E-state index contributed by atoms with van der Waals surface area (Å²) < 4.78 is 43.7. The van der Waals surface area contributed by atoms with Gasteiger partial charge in [0, 0.05) is 18.3 Å². The minimum Gasteiger partial charge on any atom is -0.469 e. The highest BCUT2D eigenvalue weighted by molar-refractivity contribution is 5.94. The number of hydrogen-bond acceptors (Lipinski definition) is 4. The third-order valence-electron chi connectivity index (χ3n) is 3.70. The number of nitrogens with zero attached hydrogens (tertiary/aromatic N) is 2. The van der Waals surface area contributed by atoms with E-state index in [9.17, 15) is 22.8 Å². The molecule has 1 N–H and O–H groups in total. The number of hydrogen-bond donors (Lipinski definition) is 1. The Kier molecular flexibility index (Phi) is 4.43. The van der Waals surface area contributed by atoms with Crippen molar-refractivity contribution in [3.8, 4) is 0 Å². The van der Waals surface area contributed by atoms with Crippen molar-refractivity contribution in [2.45, 2.75) is 38.4 Å². The molecule has 1 atom stereocenters. The summed E-state index contributed by atoms with van der Waals surface area (Å²) in [6.45, 7) is 1.51. The number of ether oxygens (including phenoxy) is 1. The number of aromatic amines is 1. The van der Waals surface area contributed by atoms with E-state index >= 15 is 0 Å². The topological polar surface area (TPSA) is 75.3 Å². The number of aromatic nitrogens is 2. The Balaban J connectivity index is 2.26. The van der Waals surface area contributed by atoms with E-state index in [1.807, 2.05) is 0 Å². The first-order valence-electron chi connectivity index (χ1n) is 6.75. The molecule has 6 nitrogen and oxygen atoms in total. The molecule has 1 aromatic heterocycles. The summed E-state index contributed by atoms with van der Waals surface area (Å²) in [6, 6.07) is -0.460. The molecule has 9 heteroatoms. The van der Waals surface area contributed by atoms with Crippen LogP contribution in [0.25, 0.3) is 0 Å². The van der Waals surface area contributed by atoms with Gasteiger partial charge in [-0.15, -0.1) is 0 Å². The standard InChI is InChI=1S/C13H16F3N3O3/c1-7-10(13(14,15)16)11(18-17-7)12(21)19-5-3-4-8(19)6-9(20)22-2/h8H,3-6H2,1-2H3,(H,17,18)/t8-/m1/s1. The molecule has 2 heterocycles. The van der Waals surface area contributed by atoms with Gasteiger partial charge in [-0.05, 0) is 19.8 Å². The summed E-state index contributed by atoms with van der Waals surface area (Å²) in [5, 5.41) is 5.71. The first-order valence-corrected chi connectivity index (χ1v) is 6.75. The van der Waals surface area contributed by atoms with Crippen molar-refractivity contribution in [1.29, 1.82) is 0 Å². The van der Waals surface area contributed by atoms with Crippen molar-refractivity contribution in [3.05, 3.63) is 17.0 Å².